The third-order valence-corrected chi connectivity index (χ3v) is 3.41. The Morgan fingerprint density at radius 1 is 1.50 bits per heavy atom. The Morgan fingerprint density at radius 2 is 2.30 bits per heavy atom. The van der Waals surface area contributed by atoms with Crippen LogP contribution < -0.4 is 0 Å². The van der Waals surface area contributed by atoms with E-state index in [0.717, 1.165) is 12.8 Å². The predicted octanol–water partition coefficient (Wildman–Crippen LogP) is 2.16. The van der Waals surface area contributed by atoms with Crippen LogP contribution in [0.15, 0.2) is 0 Å². The number of fused-ring (bicyclic) bond motifs is 1. The summed E-state index contributed by atoms with van der Waals surface area (Å²) < 4.78 is 0. The van der Waals surface area contributed by atoms with Crippen molar-refractivity contribution >= 4 is 5.78 Å². The van der Waals surface area contributed by atoms with Gasteiger partial charge in [0.05, 0.1) is 0 Å². The second-order valence-corrected chi connectivity index (χ2v) is 4.07. The van der Waals surface area contributed by atoms with Gasteiger partial charge in [-0.1, -0.05) is 6.92 Å². The minimum Gasteiger partial charge on any atom is -0.299 e. The van der Waals surface area contributed by atoms with Gasteiger partial charge in [-0.25, -0.2) is 0 Å². The van der Waals surface area contributed by atoms with E-state index in [1.165, 1.54) is 19.3 Å². The summed E-state index contributed by atoms with van der Waals surface area (Å²) in [5.41, 5.74) is 0.440. The molecule has 0 radical (unpaired) electrons. The summed E-state index contributed by atoms with van der Waals surface area (Å²) in [5.74, 6) is 1.00. The van der Waals surface area contributed by atoms with Crippen LogP contribution in [0.2, 0.25) is 0 Å². The standard InChI is InChI=1S/C9H14O/c1-9-5-2-3-8(10)7(9)4-6-9/h7H,2-6H2,1H3/t7-,9-/m1/s1. The first-order chi connectivity index (χ1) is 4.72. The van der Waals surface area contributed by atoms with Crippen molar-refractivity contribution < 1.29 is 4.79 Å². The molecule has 2 aliphatic carbocycles. The molecule has 2 aliphatic rings. The fourth-order valence-electron chi connectivity index (χ4n) is 2.47. The van der Waals surface area contributed by atoms with E-state index < -0.39 is 0 Å². The van der Waals surface area contributed by atoms with Gasteiger partial charge in [0.15, 0.2) is 0 Å². The van der Waals surface area contributed by atoms with Gasteiger partial charge in [-0.3, -0.25) is 4.79 Å². The first kappa shape index (κ1) is 6.38. The van der Waals surface area contributed by atoms with E-state index in [0.29, 0.717) is 17.1 Å². The zero-order valence-corrected chi connectivity index (χ0v) is 6.52. The van der Waals surface area contributed by atoms with E-state index in [-0.39, 0.29) is 0 Å². The molecule has 1 nitrogen and oxygen atoms in total. The molecule has 1 heteroatoms. The molecule has 0 amide bonds. The molecule has 0 aromatic heterocycles. The molecule has 56 valence electrons. The van der Waals surface area contributed by atoms with Gasteiger partial charge in [0.2, 0.25) is 0 Å². The summed E-state index contributed by atoms with van der Waals surface area (Å²) in [6.45, 7) is 2.28. The Kier molecular flexibility index (Phi) is 1.17. The van der Waals surface area contributed by atoms with Crippen LogP contribution in [0.3, 0.4) is 0 Å². The quantitative estimate of drug-likeness (QED) is 0.501. The summed E-state index contributed by atoms with van der Waals surface area (Å²) in [7, 11) is 0. The number of carbonyl (C=O) groups excluding carboxylic acids is 1. The molecule has 0 N–H and O–H groups in total. The second kappa shape index (κ2) is 1.84. The lowest BCUT2D eigenvalue weighted by Crippen LogP contribution is -2.45. The first-order valence-corrected chi connectivity index (χ1v) is 4.25. The third kappa shape index (κ3) is 0.664. The molecule has 0 aliphatic heterocycles. The van der Waals surface area contributed by atoms with Crippen molar-refractivity contribution in [3.63, 3.8) is 0 Å². The maximum absolute atomic E-state index is 11.3. The summed E-state index contributed by atoms with van der Waals surface area (Å²) in [4.78, 5) is 11.3. The molecule has 0 aromatic rings. The Balaban J connectivity index is 2.16. The van der Waals surface area contributed by atoms with Gasteiger partial charge in [-0.15, -0.1) is 0 Å². The maximum Gasteiger partial charge on any atom is 0.136 e. The SMILES string of the molecule is C[C@]12CCCC(=O)[C@H]1CC2. The minimum atomic E-state index is 0.440. The van der Waals surface area contributed by atoms with Crippen molar-refractivity contribution in [3.8, 4) is 0 Å². The number of Topliss-reactive ketones (excluding diaryl/α,β-unsaturated/α-hetero) is 1. The molecule has 2 atom stereocenters. The lowest BCUT2D eigenvalue weighted by Gasteiger charge is -2.49. The van der Waals surface area contributed by atoms with Crippen molar-refractivity contribution in [2.45, 2.75) is 39.0 Å². The highest BCUT2D eigenvalue weighted by Crippen LogP contribution is 2.53. The number of hydrogen-bond donors (Lipinski definition) is 0. The monoisotopic (exact) mass is 138 g/mol. The topological polar surface area (TPSA) is 17.1 Å². The van der Waals surface area contributed by atoms with Crippen LogP contribution in [-0.4, -0.2) is 5.78 Å². The van der Waals surface area contributed by atoms with E-state index in [1.807, 2.05) is 0 Å². The summed E-state index contributed by atoms with van der Waals surface area (Å²) in [6, 6.07) is 0. The van der Waals surface area contributed by atoms with Gasteiger partial charge in [-0.05, 0) is 31.1 Å². The van der Waals surface area contributed by atoms with Crippen LogP contribution in [0.4, 0.5) is 0 Å². The molecule has 0 unspecified atom stereocenters. The summed E-state index contributed by atoms with van der Waals surface area (Å²) >= 11 is 0. The van der Waals surface area contributed by atoms with Gasteiger partial charge >= 0.3 is 0 Å². The number of carbonyl (C=O) groups is 1. The fraction of sp³-hybridized carbons (Fsp3) is 0.889. The molecule has 0 saturated heterocycles. The maximum atomic E-state index is 11.3. The summed E-state index contributed by atoms with van der Waals surface area (Å²) in [5, 5.41) is 0. The summed E-state index contributed by atoms with van der Waals surface area (Å²) in [6.07, 6.45) is 5.77. The molecule has 0 bridgehead atoms. The smallest absolute Gasteiger partial charge is 0.136 e. The Hall–Kier alpha value is -0.330. The number of hydrogen-bond acceptors (Lipinski definition) is 1. The molecule has 2 saturated carbocycles. The molecule has 0 heterocycles. The van der Waals surface area contributed by atoms with Gasteiger partial charge < -0.3 is 0 Å². The zero-order chi connectivity index (χ0) is 7.19. The average Bonchev–Trinajstić information content (AvgIpc) is 1.83. The lowest BCUT2D eigenvalue weighted by molar-refractivity contribution is -0.137. The average molecular weight is 138 g/mol. The predicted molar refractivity (Wildman–Crippen MR) is 39.7 cm³/mol. The van der Waals surface area contributed by atoms with E-state index in [9.17, 15) is 4.79 Å². The van der Waals surface area contributed by atoms with Crippen molar-refractivity contribution in [1.29, 1.82) is 0 Å². The van der Waals surface area contributed by atoms with Crippen LogP contribution in [0.1, 0.15) is 39.0 Å². The van der Waals surface area contributed by atoms with Crippen molar-refractivity contribution in [2.24, 2.45) is 11.3 Å². The van der Waals surface area contributed by atoms with Crippen LogP contribution in [0.5, 0.6) is 0 Å². The van der Waals surface area contributed by atoms with E-state index in [1.54, 1.807) is 0 Å². The molecule has 2 fully saturated rings. The Labute approximate surface area is 61.8 Å². The van der Waals surface area contributed by atoms with E-state index in [4.69, 9.17) is 0 Å². The van der Waals surface area contributed by atoms with Gasteiger partial charge in [0.1, 0.15) is 5.78 Å². The molecular formula is C9H14O. The van der Waals surface area contributed by atoms with Crippen LogP contribution >= 0.6 is 0 Å². The highest BCUT2D eigenvalue weighted by molar-refractivity contribution is 5.83. The fourth-order valence-corrected chi connectivity index (χ4v) is 2.47. The first-order valence-electron chi connectivity index (χ1n) is 4.25. The largest absolute Gasteiger partial charge is 0.299 e. The molecular weight excluding hydrogens is 124 g/mol. The molecule has 2 rings (SSSR count). The van der Waals surface area contributed by atoms with Crippen molar-refractivity contribution in [2.75, 3.05) is 0 Å². The van der Waals surface area contributed by atoms with Crippen LogP contribution in [0, 0.1) is 11.3 Å². The molecule has 10 heavy (non-hydrogen) atoms. The Bertz CT molecular complexity index is 174. The third-order valence-electron chi connectivity index (χ3n) is 3.41. The van der Waals surface area contributed by atoms with Gasteiger partial charge in [-0.2, -0.15) is 0 Å². The normalized spacial score (nSPS) is 46.1. The van der Waals surface area contributed by atoms with E-state index in [2.05, 4.69) is 6.92 Å². The van der Waals surface area contributed by atoms with Crippen LogP contribution in [0.25, 0.3) is 0 Å². The zero-order valence-electron chi connectivity index (χ0n) is 6.52. The number of rotatable bonds is 0. The van der Waals surface area contributed by atoms with Crippen molar-refractivity contribution in [3.05, 3.63) is 0 Å². The minimum absolute atomic E-state index is 0.440. The second-order valence-electron chi connectivity index (χ2n) is 4.07. The van der Waals surface area contributed by atoms with Gasteiger partial charge in [0, 0.05) is 12.3 Å². The number of ketones is 1. The Morgan fingerprint density at radius 3 is 2.70 bits per heavy atom. The highest BCUT2D eigenvalue weighted by atomic mass is 16.1. The lowest BCUT2D eigenvalue weighted by atomic mass is 9.54. The molecule has 0 aromatic carbocycles. The van der Waals surface area contributed by atoms with Crippen molar-refractivity contribution in [1.82, 2.24) is 0 Å². The highest BCUT2D eigenvalue weighted by Gasteiger charge is 2.48. The molecule has 0 spiro atoms. The van der Waals surface area contributed by atoms with Crippen LogP contribution in [-0.2, 0) is 4.79 Å². The van der Waals surface area contributed by atoms with Gasteiger partial charge in [0.25, 0.3) is 0 Å². The van der Waals surface area contributed by atoms with E-state index >= 15 is 0 Å².